The lowest BCUT2D eigenvalue weighted by atomic mass is 9.88. The first kappa shape index (κ1) is 24.8. The number of ether oxygens (including phenoxy) is 1. The molecule has 1 unspecified atom stereocenters. The molecule has 35 heavy (non-hydrogen) atoms. The predicted octanol–water partition coefficient (Wildman–Crippen LogP) is 4.02. The van der Waals surface area contributed by atoms with Gasteiger partial charge >= 0.3 is 11.2 Å². The number of nitrogens with zero attached hydrogens (tertiary/aromatic N) is 2. The molecule has 0 bridgehead atoms. The second-order valence-electron chi connectivity index (χ2n) is 8.23. The van der Waals surface area contributed by atoms with E-state index in [1.54, 1.807) is 13.0 Å². The summed E-state index contributed by atoms with van der Waals surface area (Å²) in [6.45, 7) is 4.03. The van der Waals surface area contributed by atoms with Crippen molar-refractivity contribution in [2.75, 3.05) is 17.7 Å². The van der Waals surface area contributed by atoms with Crippen LogP contribution in [0, 0.1) is 5.92 Å². The largest absolute Gasteiger partial charge is 0.462 e. The van der Waals surface area contributed by atoms with Gasteiger partial charge in [0.25, 0.3) is 0 Å². The van der Waals surface area contributed by atoms with Crippen molar-refractivity contribution in [3.05, 3.63) is 57.8 Å². The van der Waals surface area contributed by atoms with Crippen molar-refractivity contribution in [1.82, 2.24) is 10.2 Å². The summed E-state index contributed by atoms with van der Waals surface area (Å²) < 4.78 is 35.9. The first-order valence-corrected chi connectivity index (χ1v) is 13.6. The Morgan fingerprint density at radius 3 is 2.74 bits per heavy atom. The zero-order valence-corrected chi connectivity index (χ0v) is 20.9. The van der Waals surface area contributed by atoms with Crippen LogP contribution in [0.2, 0.25) is 0 Å². The SMILES string of the molecule is CCOC(=O)c1c(NC(=O)CS(=O)(=O)c2nnc(C=Cc3ccccc3)o2)sc2c1CCC(C)C2. The molecule has 2 aromatic heterocycles. The lowest BCUT2D eigenvalue weighted by molar-refractivity contribution is -0.113. The number of nitrogens with one attached hydrogen (secondary N) is 1. The van der Waals surface area contributed by atoms with E-state index >= 15 is 0 Å². The number of anilines is 1. The monoisotopic (exact) mass is 515 g/mol. The number of thiophene rings is 1. The molecule has 0 saturated carbocycles. The van der Waals surface area contributed by atoms with Gasteiger partial charge in [-0.15, -0.1) is 16.4 Å². The maximum absolute atomic E-state index is 12.7. The molecule has 0 saturated heterocycles. The van der Waals surface area contributed by atoms with Crippen molar-refractivity contribution < 1.29 is 27.2 Å². The standard InChI is InChI=1S/C24H25N3O6S2/c1-3-32-23(29)21-17-11-9-15(2)13-18(17)34-22(21)25-19(28)14-35(30,31)24-27-26-20(33-24)12-10-16-7-5-4-6-8-16/h4-8,10,12,15H,3,9,11,13-14H2,1-2H3,(H,25,28). The molecule has 2 heterocycles. The summed E-state index contributed by atoms with van der Waals surface area (Å²) >= 11 is 1.29. The Bertz CT molecular complexity index is 1360. The van der Waals surface area contributed by atoms with Crippen LogP contribution in [0.5, 0.6) is 0 Å². The summed E-state index contributed by atoms with van der Waals surface area (Å²) in [4.78, 5) is 26.3. The van der Waals surface area contributed by atoms with Gasteiger partial charge in [0.2, 0.25) is 21.6 Å². The number of aromatic nitrogens is 2. The molecular weight excluding hydrogens is 490 g/mol. The topological polar surface area (TPSA) is 128 Å². The summed E-state index contributed by atoms with van der Waals surface area (Å²) in [5.74, 6) is -1.77. The van der Waals surface area contributed by atoms with Crippen molar-refractivity contribution in [3.63, 3.8) is 0 Å². The zero-order valence-electron chi connectivity index (χ0n) is 19.3. The van der Waals surface area contributed by atoms with Crippen LogP contribution < -0.4 is 5.32 Å². The maximum Gasteiger partial charge on any atom is 0.341 e. The van der Waals surface area contributed by atoms with Crippen LogP contribution in [0.1, 0.15) is 52.5 Å². The van der Waals surface area contributed by atoms with Gasteiger partial charge in [0.1, 0.15) is 10.8 Å². The smallest absolute Gasteiger partial charge is 0.341 e. The molecule has 3 aromatic rings. The summed E-state index contributed by atoms with van der Waals surface area (Å²) in [6, 6.07) is 9.33. The van der Waals surface area contributed by atoms with Gasteiger partial charge in [-0.25, -0.2) is 13.2 Å². The molecule has 1 N–H and O–H groups in total. The first-order chi connectivity index (χ1) is 16.8. The minimum atomic E-state index is -4.19. The Morgan fingerprint density at radius 2 is 2.00 bits per heavy atom. The summed E-state index contributed by atoms with van der Waals surface area (Å²) in [5, 5.41) is 9.56. The zero-order chi connectivity index (χ0) is 25.0. The minimum absolute atomic E-state index is 0.00233. The number of esters is 1. The average Bonchev–Trinajstić information content (AvgIpc) is 3.43. The number of rotatable bonds is 8. The van der Waals surface area contributed by atoms with E-state index < -0.39 is 32.7 Å². The van der Waals surface area contributed by atoms with Gasteiger partial charge in [-0.1, -0.05) is 42.4 Å². The van der Waals surface area contributed by atoms with Crippen molar-refractivity contribution in [2.45, 2.75) is 38.3 Å². The predicted molar refractivity (Wildman–Crippen MR) is 132 cm³/mol. The number of carbonyl (C=O) groups is 2. The highest BCUT2D eigenvalue weighted by molar-refractivity contribution is 7.91. The number of amides is 1. The number of benzene rings is 1. The number of hydrogen-bond donors (Lipinski definition) is 1. The molecule has 1 atom stereocenters. The third-order valence-corrected chi connectivity index (χ3v) is 7.98. The van der Waals surface area contributed by atoms with Crippen LogP contribution in [0.25, 0.3) is 12.2 Å². The van der Waals surface area contributed by atoms with Crippen LogP contribution in [-0.2, 0) is 32.2 Å². The fraction of sp³-hybridized carbons (Fsp3) is 0.333. The molecule has 1 aliphatic rings. The van der Waals surface area contributed by atoms with E-state index in [1.807, 2.05) is 30.3 Å². The highest BCUT2D eigenvalue weighted by Gasteiger charge is 2.31. The lowest BCUT2D eigenvalue weighted by Crippen LogP contribution is -2.24. The van der Waals surface area contributed by atoms with Crippen LogP contribution in [-0.4, -0.2) is 42.9 Å². The molecule has 11 heteroatoms. The summed E-state index contributed by atoms with van der Waals surface area (Å²) in [6.07, 6.45) is 5.62. The van der Waals surface area contributed by atoms with Gasteiger partial charge in [-0.2, -0.15) is 0 Å². The van der Waals surface area contributed by atoms with Gasteiger partial charge in [-0.05, 0) is 49.3 Å². The van der Waals surface area contributed by atoms with E-state index in [0.717, 1.165) is 28.8 Å². The molecule has 184 valence electrons. The van der Waals surface area contributed by atoms with E-state index in [9.17, 15) is 18.0 Å². The van der Waals surface area contributed by atoms with Crippen LogP contribution >= 0.6 is 11.3 Å². The summed E-state index contributed by atoms with van der Waals surface area (Å²) in [5.41, 5.74) is 2.06. The van der Waals surface area contributed by atoms with Crippen LogP contribution in [0.15, 0.2) is 40.0 Å². The third-order valence-electron chi connectivity index (χ3n) is 5.47. The van der Waals surface area contributed by atoms with Gasteiger partial charge in [0, 0.05) is 11.0 Å². The van der Waals surface area contributed by atoms with E-state index in [2.05, 4.69) is 22.4 Å². The number of hydrogen-bond acceptors (Lipinski definition) is 9. The Morgan fingerprint density at radius 1 is 1.23 bits per heavy atom. The normalized spacial score (nSPS) is 15.7. The quantitative estimate of drug-likeness (QED) is 0.446. The van der Waals surface area contributed by atoms with Gasteiger partial charge < -0.3 is 14.5 Å². The fourth-order valence-corrected chi connectivity index (χ4v) is 6.13. The van der Waals surface area contributed by atoms with Crippen molar-refractivity contribution in [2.24, 2.45) is 5.92 Å². The molecule has 0 radical (unpaired) electrons. The maximum atomic E-state index is 12.7. The second kappa shape index (κ2) is 10.5. The molecule has 0 spiro atoms. The van der Waals surface area contributed by atoms with Crippen molar-refractivity contribution in [1.29, 1.82) is 0 Å². The van der Waals surface area contributed by atoms with Crippen molar-refractivity contribution >= 4 is 50.2 Å². The fourth-order valence-electron chi connectivity index (χ4n) is 3.80. The Balaban J connectivity index is 1.49. The Kier molecular flexibility index (Phi) is 7.46. The van der Waals surface area contributed by atoms with Crippen molar-refractivity contribution in [3.8, 4) is 0 Å². The minimum Gasteiger partial charge on any atom is -0.462 e. The third kappa shape index (κ3) is 5.85. The molecule has 1 amide bonds. The molecular formula is C24H25N3O6S2. The van der Waals surface area contributed by atoms with E-state index in [1.165, 1.54) is 17.4 Å². The Labute approximate surface area is 207 Å². The van der Waals surface area contributed by atoms with Gasteiger partial charge in [0.05, 0.1) is 12.2 Å². The molecule has 1 aliphatic carbocycles. The van der Waals surface area contributed by atoms with E-state index in [4.69, 9.17) is 9.15 Å². The number of carbonyl (C=O) groups excluding carboxylic acids is 2. The van der Waals surface area contributed by atoms with Crippen LogP contribution in [0.3, 0.4) is 0 Å². The van der Waals surface area contributed by atoms with Crippen LogP contribution in [0.4, 0.5) is 5.00 Å². The molecule has 0 fully saturated rings. The molecule has 1 aromatic carbocycles. The Hall–Kier alpha value is -3.31. The second-order valence-corrected chi connectivity index (χ2v) is 11.2. The van der Waals surface area contributed by atoms with E-state index in [-0.39, 0.29) is 12.5 Å². The first-order valence-electron chi connectivity index (χ1n) is 11.2. The molecule has 9 nitrogen and oxygen atoms in total. The van der Waals surface area contributed by atoms with Gasteiger partial charge in [-0.3, -0.25) is 4.79 Å². The highest BCUT2D eigenvalue weighted by atomic mass is 32.2. The molecule has 0 aliphatic heterocycles. The lowest BCUT2D eigenvalue weighted by Gasteiger charge is -2.18. The summed E-state index contributed by atoms with van der Waals surface area (Å²) in [7, 11) is -4.19. The van der Waals surface area contributed by atoms with E-state index in [0.29, 0.717) is 22.9 Å². The average molecular weight is 516 g/mol. The number of fused-ring (bicyclic) bond motifs is 1. The van der Waals surface area contributed by atoms with Gasteiger partial charge in [0.15, 0.2) is 0 Å². The number of sulfone groups is 1. The molecule has 4 rings (SSSR count). The highest BCUT2D eigenvalue weighted by Crippen LogP contribution is 2.40.